The summed E-state index contributed by atoms with van der Waals surface area (Å²) < 4.78 is 127. The molecule has 2 aliphatic rings. The van der Waals surface area contributed by atoms with Gasteiger partial charge in [0.1, 0.15) is 32.7 Å². The highest BCUT2D eigenvalue weighted by atomic mass is 32.2. The van der Waals surface area contributed by atoms with Gasteiger partial charge in [0, 0.05) is 22.6 Å². The molecule has 2 aliphatic carbocycles. The molecule has 252 valence electrons. The zero-order valence-electron chi connectivity index (χ0n) is 24.3. The van der Waals surface area contributed by atoms with Crippen molar-refractivity contribution >= 4 is 64.0 Å². The first-order valence-corrected chi connectivity index (χ1v) is 18.5. The van der Waals surface area contributed by atoms with Crippen LogP contribution in [0.25, 0.3) is 0 Å². The van der Waals surface area contributed by atoms with Gasteiger partial charge in [0.2, 0.25) is 5.78 Å². The normalized spacial score (nSPS) is 19.1. The summed E-state index contributed by atoms with van der Waals surface area (Å²) in [5.41, 5.74) is 5.41. The highest BCUT2D eigenvalue weighted by molar-refractivity contribution is 7.91. The number of sulfone groups is 1. The van der Waals surface area contributed by atoms with Crippen LogP contribution in [0.15, 0.2) is 94.4 Å². The zero-order valence-corrected chi connectivity index (χ0v) is 27.5. The van der Waals surface area contributed by atoms with Crippen molar-refractivity contribution in [2.45, 2.75) is 16.2 Å². The standard InChI is InChI=1S/C25H25N5O13S4/c1-42-17-6-4-13(44(32)33)10-15(17)27-29-23-19(46(36,37)38)8-12-9-20(47(39,40)41)24(25(31)21(12)22(23)26)30-28-16-11-14(45(3,34)35)5-7-18(16)43-2/h4-7,9-12,28H,8,26H2,1-3H3,(H,32,33)(H,36,37,38)(H,39,40,41)/p-1. The Balaban J connectivity index is 1.91. The molecule has 2 unspecified atom stereocenters. The second-order valence-electron chi connectivity index (χ2n) is 9.69. The number of rotatable bonds is 10. The number of hydrogen-bond acceptors (Lipinski definition) is 16. The molecular formula is C25H24N5O13S4-. The van der Waals surface area contributed by atoms with Crippen molar-refractivity contribution in [2.24, 2.45) is 27.0 Å². The minimum Gasteiger partial charge on any atom is -0.768 e. The van der Waals surface area contributed by atoms with Gasteiger partial charge in [0.15, 0.2) is 15.5 Å². The van der Waals surface area contributed by atoms with Gasteiger partial charge in [-0.25, -0.2) is 8.42 Å². The van der Waals surface area contributed by atoms with Crippen LogP contribution in [-0.4, -0.2) is 75.1 Å². The number of nitrogens with two attached hydrogens (primary N) is 1. The molecular weight excluding hydrogens is 707 g/mol. The van der Waals surface area contributed by atoms with E-state index in [1.165, 1.54) is 38.5 Å². The maximum atomic E-state index is 13.8. The Hall–Kier alpha value is -4.32. The van der Waals surface area contributed by atoms with E-state index in [9.17, 15) is 47.9 Å². The number of benzene rings is 2. The van der Waals surface area contributed by atoms with E-state index in [1.807, 2.05) is 0 Å². The third-order valence-corrected chi connectivity index (χ3v) is 10.3. The summed E-state index contributed by atoms with van der Waals surface area (Å²) in [5, 5.41) is 11.4. The summed E-state index contributed by atoms with van der Waals surface area (Å²) in [6, 6.07) is 7.03. The van der Waals surface area contributed by atoms with Crippen molar-refractivity contribution in [3.63, 3.8) is 0 Å². The number of allylic oxidation sites excluding steroid dienone is 4. The maximum Gasteiger partial charge on any atom is 0.296 e. The fraction of sp³-hybridized carbons (Fsp3) is 0.200. The summed E-state index contributed by atoms with van der Waals surface area (Å²) in [6.07, 6.45) is 0.938. The Morgan fingerprint density at radius 3 is 2.17 bits per heavy atom. The lowest BCUT2D eigenvalue weighted by molar-refractivity contribution is -0.110. The van der Waals surface area contributed by atoms with Crippen molar-refractivity contribution in [2.75, 3.05) is 25.9 Å². The molecule has 4 rings (SSSR count). The van der Waals surface area contributed by atoms with Crippen molar-refractivity contribution < 1.29 is 57.4 Å². The van der Waals surface area contributed by atoms with Crippen molar-refractivity contribution in [3.05, 3.63) is 69.3 Å². The Labute approximate surface area is 270 Å². The van der Waals surface area contributed by atoms with E-state index in [0.29, 0.717) is 0 Å². The Bertz CT molecular complexity index is 2210. The number of nitrogens with one attached hydrogen (secondary N) is 1. The predicted molar refractivity (Wildman–Crippen MR) is 164 cm³/mol. The number of carbonyl (C=O) groups is 1. The first-order valence-electron chi connectivity index (χ1n) is 12.6. The van der Waals surface area contributed by atoms with Gasteiger partial charge in [-0.05, 0) is 53.9 Å². The maximum absolute atomic E-state index is 13.8. The highest BCUT2D eigenvalue weighted by Crippen LogP contribution is 2.42. The van der Waals surface area contributed by atoms with Crippen molar-refractivity contribution in [3.8, 4) is 11.5 Å². The van der Waals surface area contributed by atoms with Crippen molar-refractivity contribution in [1.29, 1.82) is 0 Å². The number of anilines is 1. The fourth-order valence-corrected chi connectivity index (χ4v) is 7.08. The summed E-state index contributed by atoms with van der Waals surface area (Å²) in [7, 11) is -11.6. The van der Waals surface area contributed by atoms with Gasteiger partial charge in [-0.15, -0.1) is 10.2 Å². The molecule has 0 fully saturated rings. The van der Waals surface area contributed by atoms with E-state index in [-0.39, 0.29) is 32.7 Å². The average molecular weight is 731 g/mol. The first-order chi connectivity index (χ1) is 21.8. The van der Waals surface area contributed by atoms with Gasteiger partial charge in [0.25, 0.3) is 20.2 Å². The molecule has 0 aliphatic heterocycles. The summed E-state index contributed by atoms with van der Waals surface area (Å²) in [4.78, 5) is 11.4. The van der Waals surface area contributed by atoms with Crippen LogP contribution >= 0.6 is 0 Å². The van der Waals surface area contributed by atoms with Crippen LogP contribution in [0.1, 0.15) is 6.42 Å². The second kappa shape index (κ2) is 13.1. The number of nitrogens with zero attached hydrogens (tertiary/aromatic N) is 3. The van der Waals surface area contributed by atoms with Gasteiger partial charge in [-0.3, -0.25) is 23.5 Å². The van der Waals surface area contributed by atoms with Gasteiger partial charge < -0.3 is 19.8 Å². The number of methoxy groups -OCH3 is 2. The van der Waals surface area contributed by atoms with Crippen LogP contribution < -0.4 is 20.6 Å². The quantitative estimate of drug-likeness (QED) is 0.117. The van der Waals surface area contributed by atoms with E-state index in [0.717, 1.165) is 24.5 Å². The number of hydrazone groups is 1. The van der Waals surface area contributed by atoms with Crippen LogP contribution in [0.2, 0.25) is 0 Å². The zero-order chi connectivity index (χ0) is 35.1. The SMILES string of the molecule is COc1ccc(S(=O)[O-])cc1N=NC1=C(S(=O)(=O)O)CC2C=C(S(=O)(=O)O)C(=NNc3cc(S(C)(=O)=O)ccc3OC)C(=O)C2=C1N. The summed E-state index contributed by atoms with van der Waals surface area (Å²) in [5.74, 6) is -2.64. The van der Waals surface area contributed by atoms with Crippen LogP contribution in [0.5, 0.6) is 11.5 Å². The topological polar surface area (TPSA) is 294 Å². The molecule has 0 bridgehead atoms. The lowest BCUT2D eigenvalue weighted by Gasteiger charge is -2.29. The summed E-state index contributed by atoms with van der Waals surface area (Å²) >= 11 is -2.70. The third-order valence-electron chi connectivity index (χ3n) is 6.71. The molecule has 2 atom stereocenters. The molecule has 0 saturated carbocycles. The lowest BCUT2D eigenvalue weighted by atomic mass is 9.80. The molecule has 0 heterocycles. The van der Waals surface area contributed by atoms with Crippen LogP contribution in [0.4, 0.5) is 11.4 Å². The third kappa shape index (κ3) is 7.48. The number of carbonyl (C=O) groups excluding carboxylic acids is 1. The number of hydrogen-bond donors (Lipinski definition) is 4. The molecule has 0 saturated heterocycles. The molecule has 5 N–H and O–H groups in total. The Morgan fingerprint density at radius 2 is 1.62 bits per heavy atom. The molecule has 2 aromatic rings. The van der Waals surface area contributed by atoms with E-state index in [1.54, 1.807) is 0 Å². The molecule has 0 radical (unpaired) electrons. The van der Waals surface area contributed by atoms with Gasteiger partial charge in [-0.2, -0.15) is 21.9 Å². The van der Waals surface area contributed by atoms with Gasteiger partial charge in [-0.1, -0.05) is 6.08 Å². The molecule has 22 heteroatoms. The number of azo groups is 1. The van der Waals surface area contributed by atoms with Gasteiger partial charge >= 0.3 is 0 Å². The first kappa shape index (κ1) is 35.5. The smallest absolute Gasteiger partial charge is 0.296 e. The summed E-state index contributed by atoms with van der Waals surface area (Å²) in [6.45, 7) is 0. The van der Waals surface area contributed by atoms with E-state index >= 15 is 0 Å². The van der Waals surface area contributed by atoms with E-state index in [2.05, 4.69) is 20.8 Å². The number of Topliss-reactive ketones (excluding diaryl/α,β-unsaturated/α-hetero) is 1. The van der Waals surface area contributed by atoms with E-state index in [4.69, 9.17) is 15.2 Å². The lowest BCUT2D eigenvalue weighted by Crippen LogP contribution is -2.36. The monoisotopic (exact) mass is 730 g/mol. The average Bonchev–Trinajstić information content (AvgIpc) is 2.97. The molecule has 2 aromatic carbocycles. The number of fused-ring (bicyclic) bond motifs is 1. The van der Waals surface area contributed by atoms with Crippen molar-refractivity contribution in [1.82, 2.24) is 0 Å². The Kier molecular flexibility index (Phi) is 9.87. The van der Waals surface area contributed by atoms with Crippen LogP contribution in [-0.2, 0) is 45.9 Å². The fourth-order valence-electron chi connectivity index (χ4n) is 4.54. The molecule has 0 amide bonds. The van der Waals surface area contributed by atoms with Gasteiger partial charge in [0.05, 0.1) is 30.5 Å². The van der Waals surface area contributed by atoms with E-state index < -0.39 is 91.8 Å². The van der Waals surface area contributed by atoms with Crippen LogP contribution in [0.3, 0.4) is 0 Å². The Morgan fingerprint density at radius 1 is 0.979 bits per heavy atom. The van der Waals surface area contributed by atoms with Crippen LogP contribution in [0, 0.1) is 5.92 Å². The molecule has 0 aromatic heterocycles. The molecule has 18 nitrogen and oxygen atoms in total. The number of ether oxygens (including phenoxy) is 2. The second-order valence-corrected chi connectivity index (χ2v) is 15.5. The minimum absolute atomic E-state index is 0.00204. The molecule has 0 spiro atoms. The predicted octanol–water partition coefficient (Wildman–Crippen LogP) is 1.58. The highest BCUT2D eigenvalue weighted by Gasteiger charge is 2.43. The number of ketones is 1. The minimum atomic E-state index is -5.21. The molecule has 47 heavy (non-hydrogen) atoms. The largest absolute Gasteiger partial charge is 0.768 e.